The van der Waals surface area contributed by atoms with E-state index in [9.17, 15) is 4.79 Å². The summed E-state index contributed by atoms with van der Waals surface area (Å²) >= 11 is 6.04. The van der Waals surface area contributed by atoms with Gasteiger partial charge in [-0.15, -0.1) is 0 Å². The van der Waals surface area contributed by atoms with Crippen LogP contribution in [-0.2, 0) is 0 Å². The van der Waals surface area contributed by atoms with Crippen molar-refractivity contribution in [1.82, 2.24) is 9.80 Å². The van der Waals surface area contributed by atoms with Gasteiger partial charge in [0.1, 0.15) is 0 Å². The number of nitrogens with one attached hydrogen (secondary N) is 1. The van der Waals surface area contributed by atoms with Crippen molar-refractivity contribution in [1.29, 1.82) is 0 Å². The number of para-hydroxylation sites is 1. The predicted molar refractivity (Wildman–Crippen MR) is 76.6 cm³/mol. The summed E-state index contributed by atoms with van der Waals surface area (Å²) in [5.41, 5.74) is 0.679. The average Bonchev–Trinajstić information content (AvgIpc) is 3.26. The number of carbonyl (C=O) groups excluding carboxylic acids is 1. The molecule has 1 N–H and O–H groups in total. The lowest BCUT2D eigenvalue weighted by Gasteiger charge is -2.34. The number of hydrogen-bond acceptors (Lipinski definition) is 2. The fourth-order valence-corrected chi connectivity index (χ4v) is 2.67. The number of amides is 2. The van der Waals surface area contributed by atoms with E-state index >= 15 is 0 Å². The van der Waals surface area contributed by atoms with E-state index in [0.717, 1.165) is 32.2 Å². The third kappa shape index (κ3) is 3.01. The largest absolute Gasteiger partial charge is 0.322 e. The normalized spacial score (nSPS) is 20.4. The first-order chi connectivity index (χ1) is 9.24. The molecule has 19 heavy (non-hydrogen) atoms. The van der Waals surface area contributed by atoms with Crippen LogP contribution in [0.1, 0.15) is 12.8 Å². The molecule has 102 valence electrons. The lowest BCUT2D eigenvalue weighted by molar-refractivity contribution is 0.142. The highest BCUT2D eigenvalue weighted by Crippen LogP contribution is 2.27. The molecule has 0 spiro atoms. The van der Waals surface area contributed by atoms with Crippen LogP contribution in [-0.4, -0.2) is 48.1 Å². The Morgan fingerprint density at radius 2 is 1.84 bits per heavy atom. The molecule has 1 aromatic rings. The molecular weight excluding hydrogens is 262 g/mol. The van der Waals surface area contributed by atoms with Gasteiger partial charge in [0.2, 0.25) is 0 Å². The first-order valence-corrected chi connectivity index (χ1v) is 7.16. The molecule has 0 atom stereocenters. The Hall–Kier alpha value is -1.26. The lowest BCUT2D eigenvalue weighted by atomic mass is 10.3. The number of hydrogen-bond donors (Lipinski definition) is 1. The maximum atomic E-state index is 12.1. The number of halogens is 1. The molecule has 2 fully saturated rings. The summed E-state index contributed by atoms with van der Waals surface area (Å²) in [6.07, 6.45) is 2.65. The van der Waals surface area contributed by atoms with Gasteiger partial charge in [0.15, 0.2) is 0 Å². The molecule has 1 heterocycles. The Morgan fingerprint density at radius 3 is 2.47 bits per heavy atom. The van der Waals surface area contributed by atoms with Gasteiger partial charge in [-0.25, -0.2) is 4.79 Å². The Labute approximate surface area is 118 Å². The third-order valence-corrected chi connectivity index (χ3v) is 4.11. The number of nitrogens with zero attached hydrogens (tertiary/aromatic N) is 2. The van der Waals surface area contributed by atoms with E-state index < -0.39 is 0 Å². The van der Waals surface area contributed by atoms with Crippen LogP contribution >= 0.6 is 11.6 Å². The third-order valence-electron chi connectivity index (χ3n) is 3.78. The molecule has 4 nitrogen and oxygen atoms in total. The van der Waals surface area contributed by atoms with E-state index in [2.05, 4.69) is 10.2 Å². The van der Waals surface area contributed by atoms with E-state index in [1.54, 1.807) is 6.07 Å². The molecule has 1 aliphatic carbocycles. The van der Waals surface area contributed by atoms with E-state index in [1.807, 2.05) is 23.1 Å². The van der Waals surface area contributed by atoms with Crippen molar-refractivity contribution in [3.8, 4) is 0 Å². The minimum absolute atomic E-state index is 0.0523. The maximum Gasteiger partial charge on any atom is 0.321 e. The standard InChI is InChI=1S/C14H18ClN3O/c15-12-3-1-2-4-13(12)16-14(19)18-9-7-17(8-10-18)11-5-6-11/h1-4,11H,5-10H2,(H,16,19). The maximum absolute atomic E-state index is 12.1. The lowest BCUT2D eigenvalue weighted by Crippen LogP contribution is -2.50. The minimum Gasteiger partial charge on any atom is -0.322 e. The predicted octanol–water partition coefficient (Wildman–Crippen LogP) is 2.65. The summed E-state index contributed by atoms with van der Waals surface area (Å²) < 4.78 is 0. The molecule has 1 aliphatic heterocycles. The molecule has 0 unspecified atom stereocenters. The quantitative estimate of drug-likeness (QED) is 0.903. The van der Waals surface area contributed by atoms with Crippen LogP contribution in [0.15, 0.2) is 24.3 Å². The van der Waals surface area contributed by atoms with Crippen molar-refractivity contribution in [2.45, 2.75) is 18.9 Å². The van der Waals surface area contributed by atoms with Crippen LogP contribution in [0, 0.1) is 0 Å². The summed E-state index contributed by atoms with van der Waals surface area (Å²) in [6.45, 7) is 3.57. The van der Waals surface area contributed by atoms with E-state index in [1.165, 1.54) is 12.8 Å². The Bertz CT molecular complexity index is 468. The van der Waals surface area contributed by atoms with Gasteiger partial charge in [0.05, 0.1) is 10.7 Å². The zero-order valence-corrected chi connectivity index (χ0v) is 11.6. The molecule has 1 aromatic carbocycles. The van der Waals surface area contributed by atoms with Gasteiger partial charge in [-0.1, -0.05) is 23.7 Å². The molecule has 3 rings (SSSR count). The molecule has 1 saturated carbocycles. The van der Waals surface area contributed by atoms with Gasteiger partial charge in [0.25, 0.3) is 0 Å². The monoisotopic (exact) mass is 279 g/mol. The Kier molecular flexibility index (Phi) is 3.62. The summed E-state index contributed by atoms with van der Waals surface area (Å²) in [4.78, 5) is 16.5. The molecular formula is C14H18ClN3O. The average molecular weight is 280 g/mol. The van der Waals surface area contributed by atoms with Crippen LogP contribution < -0.4 is 5.32 Å². The number of anilines is 1. The van der Waals surface area contributed by atoms with Crippen molar-refractivity contribution < 1.29 is 4.79 Å². The van der Waals surface area contributed by atoms with E-state index in [-0.39, 0.29) is 6.03 Å². The second-order valence-electron chi connectivity index (χ2n) is 5.16. The number of urea groups is 1. The van der Waals surface area contributed by atoms with Gasteiger partial charge < -0.3 is 10.2 Å². The van der Waals surface area contributed by atoms with Crippen molar-refractivity contribution >= 4 is 23.3 Å². The van der Waals surface area contributed by atoms with Crippen LogP contribution in [0.5, 0.6) is 0 Å². The van der Waals surface area contributed by atoms with Crippen LogP contribution in [0.2, 0.25) is 5.02 Å². The van der Waals surface area contributed by atoms with Crippen molar-refractivity contribution in [3.05, 3.63) is 29.3 Å². The molecule has 1 saturated heterocycles. The van der Waals surface area contributed by atoms with Gasteiger partial charge >= 0.3 is 6.03 Å². The smallest absolute Gasteiger partial charge is 0.321 e. The number of piperazine rings is 1. The second-order valence-corrected chi connectivity index (χ2v) is 5.57. The number of rotatable bonds is 2. The summed E-state index contributed by atoms with van der Waals surface area (Å²) in [7, 11) is 0. The fraction of sp³-hybridized carbons (Fsp3) is 0.500. The SMILES string of the molecule is O=C(Nc1ccccc1Cl)N1CCN(C2CC2)CC1. The Morgan fingerprint density at radius 1 is 1.16 bits per heavy atom. The number of carbonyl (C=O) groups is 1. The molecule has 0 bridgehead atoms. The molecule has 0 radical (unpaired) electrons. The highest BCUT2D eigenvalue weighted by Gasteiger charge is 2.32. The van der Waals surface area contributed by atoms with Crippen LogP contribution in [0.4, 0.5) is 10.5 Å². The van der Waals surface area contributed by atoms with Gasteiger partial charge in [-0.3, -0.25) is 4.90 Å². The number of benzene rings is 1. The summed E-state index contributed by atoms with van der Waals surface area (Å²) in [5.74, 6) is 0. The zero-order chi connectivity index (χ0) is 13.2. The van der Waals surface area contributed by atoms with Crippen molar-refractivity contribution in [2.24, 2.45) is 0 Å². The molecule has 2 amide bonds. The highest BCUT2D eigenvalue weighted by atomic mass is 35.5. The topological polar surface area (TPSA) is 35.6 Å². The van der Waals surface area contributed by atoms with E-state index in [4.69, 9.17) is 11.6 Å². The van der Waals surface area contributed by atoms with Gasteiger partial charge in [-0.05, 0) is 25.0 Å². The highest BCUT2D eigenvalue weighted by molar-refractivity contribution is 6.33. The molecule has 2 aliphatic rings. The molecule has 5 heteroatoms. The van der Waals surface area contributed by atoms with Crippen LogP contribution in [0.3, 0.4) is 0 Å². The first kappa shape index (κ1) is 12.8. The van der Waals surface area contributed by atoms with Crippen molar-refractivity contribution in [2.75, 3.05) is 31.5 Å². The van der Waals surface area contributed by atoms with Crippen LogP contribution in [0.25, 0.3) is 0 Å². The zero-order valence-electron chi connectivity index (χ0n) is 10.8. The minimum atomic E-state index is -0.0523. The first-order valence-electron chi connectivity index (χ1n) is 6.78. The second kappa shape index (κ2) is 5.39. The van der Waals surface area contributed by atoms with Crippen molar-refractivity contribution in [3.63, 3.8) is 0 Å². The van der Waals surface area contributed by atoms with Gasteiger partial charge in [-0.2, -0.15) is 0 Å². The Balaban J connectivity index is 1.55. The summed E-state index contributed by atoms with van der Waals surface area (Å²) in [5, 5.41) is 3.45. The van der Waals surface area contributed by atoms with Gasteiger partial charge in [0, 0.05) is 32.2 Å². The summed E-state index contributed by atoms with van der Waals surface area (Å²) in [6, 6.07) is 8.05. The fourth-order valence-electron chi connectivity index (χ4n) is 2.49. The molecule has 0 aromatic heterocycles. The van der Waals surface area contributed by atoms with E-state index in [0.29, 0.717) is 10.7 Å².